The largest absolute Gasteiger partial charge is 0.465 e. The molecule has 0 spiro atoms. The van der Waals surface area contributed by atoms with E-state index < -0.39 is 0 Å². The van der Waals surface area contributed by atoms with E-state index in [9.17, 15) is 9.59 Å². The summed E-state index contributed by atoms with van der Waals surface area (Å²) in [7, 11) is 0. The zero-order valence-electron chi connectivity index (χ0n) is 10.2. The van der Waals surface area contributed by atoms with Gasteiger partial charge < -0.3 is 9.47 Å². The van der Waals surface area contributed by atoms with Crippen molar-refractivity contribution in [2.45, 2.75) is 33.6 Å². The van der Waals surface area contributed by atoms with Gasteiger partial charge in [-0.15, -0.1) is 0 Å². The average Bonchev–Trinajstić information content (AvgIpc) is 2.21. The third-order valence-electron chi connectivity index (χ3n) is 1.86. The molecule has 0 unspecified atom stereocenters. The molecule has 0 aliphatic heterocycles. The van der Waals surface area contributed by atoms with E-state index in [1.165, 1.54) is 13.8 Å². The number of unbranched alkanes of at least 4 members (excludes halogenated alkanes) is 1. The van der Waals surface area contributed by atoms with Crippen molar-refractivity contribution in [3.8, 4) is 0 Å². The van der Waals surface area contributed by atoms with Crippen LogP contribution in [0, 0.1) is 5.92 Å². The van der Waals surface area contributed by atoms with Gasteiger partial charge in [-0.25, -0.2) is 0 Å². The average molecular weight is 228 g/mol. The summed E-state index contributed by atoms with van der Waals surface area (Å²) < 4.78 is 9.77. The van der Waals surface area contributed by atoms with Gasteiger partial charge in [0.25, 0.3) is 0 Å². The highest BCUT2D eigenvalue weighted by atomic mass is 16.5. The van der Waals surface area contributed by atoms with Crippen LogP contribution >= 0.6 is 0 Å². The van der Waals surface area contributed by atoms with E-state index in [0.717, 1.165) is 12.8 Å². The quantitative estimate of drug-likeness (QED) is 0.494. The lowest BCUT2D eigenvalue weighted by atomic mass is 10.1. The molecule has 4 heteroatoms. The molecule has 92 valence electrons. The fourth-order valence-corrected chi connectivity index (χ4v) is 1.06. The summed E-state index contributed by atoms with van der Waals surface area (Å²) in [5.41, 5.74) is 0. The maximum absolute atomic E-state index is 10.7. The molecular formula is C12H20O4. The molecule has 0 amide bonds. The lowest BCUT2D eigenvalue weighted by molar-refractivity contribution is -0.145. The van der Waals surface area contributed by atoms with E-state index in [0.29, 0.717) is 0 Å². The number of carbonyl (C=O) groups excluding carboxylic acids is 2. The molecule has 0 aliphatic rings. The number of rotatable bonds is 7. The predicted octanol–water partition coefficient (Wildman–Crippen LogP) is 2.09. The van der Waals surface area contributed by atoms with Crippen LogP contribution in [0.5, 0.6) is 0 Å². The highest BCUT2D eigenvalue weighted by molar-refractivity contribution is 5.66. The van der Waals surface area contributed by atoms with Crippen molar-refractivity contribution in [1.82, 2.24) is 0 Å². The first-order valence-electron chi connectivity index (χ1n) is 5.49. The first-order valence-corrected chi connectivity index (χ1v) is 5.49. The number of carbonyl (C=O) groups is 2. The Morgan fingerprint density at radius 1 is 1.12 bits per heavy atom. The van der Waals surface area contributed by atoms with Gasteiger partial charge in [0.2, 0.25) is 0 Å². The summed E-state index contributed by atoms with van der Waals surface area (Å²) in [5, 5.41) is 0. The summed E-state index contributed by atoms with van der Waals surface area (Å²) in [6, 6.07) is 0. The molecule has 0 rings (SSSR count). The number of ether oxygens (including phenoxy) is 2. The van der Waals surface area contributed by atoms with Gasteiger partial charge in [-0.05, 0) is 6.42 Å². The van der Waals surface area contributed by atoms with E-state index in [2.05, 4.69) is 6.92 Å². The Kier molecular flexibility index (Phi) is 8.21. The summed E-state index contributed by atoms with van der Waals surface area (Å²) in [5.74, 6) is -0.701. The van der Waals surface area contributed by atoms with Crippen LogP contribution in [0.2, 0.25) is 0 Å². The third-order valence-corrected chi connectivity index (χ3v) is 1.86. The van der Waals surface area contributed by atoms with E-state index in [-0.39, 0.29) is 31.1 Å². The highest BCUT2D eigenvalue weighted by Crippen LogP contribution is 2.04. The Balaban J connectivity index is 4.04. The van der Waals surface area contributed by atoms with Crippen LogP contribution < -0.4 is 0 Å². The zero-order valence-corrected chi connectivity index (χ0v) is 10.2. The molecule has 0 N–H and O–H groups in total. The van der Waals surface area contributed by atoms with E-state index in [4.69, 9.17) is 9.47 Å². The van der Waals surface area contributed by atoms with Crippen molar-refractivity contribution >= 4 is 11.9 Å². The third kappa shape index (κ3) is 9.24. The lowest BCUT2D eigenvalue weighted by Crippen LogP contribution is -2.17. The molecule has 16 heavy (non-hydrogen) atoms. The fraction of sp³-hybridized carbons (Fsp3) is 0.667. The second-order valence-electron chi connectivity index (χ2n) is 3.58. The van der Waals surface area contributed by atoms with Crippen molar-refractivity contribution in [3.63, 3.8) is 0 Å². The smallest absolute Gasteiger partial charge is 0.302 e. The maximum Gasteiger partial charge on any atom is 0.302 e. The van der Waals surface area contributed by atoms with E-state index in [1.807, 2.05) is 12.2 Å². The Labute approximate surface area is 96.6 Å². The van der Waals surface area contributed by atoms with Gasteiger partial charge in [0.15, 0.2) is 0 Å². The van der Waals surface area contributed by atoms with Crippen LogP contribution in [0.3, 0.4) is 0 Å². The Morgan fingerprint density at radius 3 is 2.00 bits per heavy atom. The second kappa shape index (κ2) is 8.95. The maximum atomic E-state index is 10.7. The molecule has 0 aromatic rings. The number of esters is 2. The molecule has 0 atom stereocenters. The summed E-state index contributed by atoms with van der Waals surface area (Å²) in [4.78, 5) is 21.3. The van der Waals surface area contributed by atoms with Crippen molar-refractivity contribution < 1.29 is 19.1 Å². The molecule has 4 nitrogen and oxygen atoms in total. The van der Waals surface area contributed by atoms with Gasteiger partial charge in [0, 0.05) is 19.8 Å². The molecule has 0 aromatic heterocycles. The minimum absolute atomic E-state index is 0.0562. The molecule has 0 heterocycles. The Morgan fingerprint density at radius 2 is 1.62 bits per heavy atom. The zero-order chi connectivity index (χ0) is 12.4. The van der Waals surface area contributed by atoms with Crippen molar-refractivity contribution in [3.05, 3.63) is 12.2 Å². The van der Waals surface area contributed by atoms with Gasteiger partial charge >= 0.3 is 11.9 Å². The first-order chi connectivity index (χ1) is 7.56. The van der Waals surface area contributed by atoms with Crippen LogP contribution in [0.1, 0.15) is 33.6 Å². The van der Waals surface area contributed by atoms with Crippen LogP contribution in [0.25, 0.3) is 0 Å². The topological polar surface area (TPSA) is 52.6 Å². The summed E-state index contributed by atoms with van der Waals surface area (Å²) in [6.45, 7) is 5.31. The number of hydrogen-bond acceptors (Lipinski definition) is 4. The summed E-state index contributed by atoms with van der Waals surface area (Å²) >= 11 is 0. The van der Waals surface area contributed by atoms with Crippen LogP contribution in [0.4, 0.5) is 0 Å². The fourth-order valence-electron chi connectivity index (χ4n) is 1.06. The van der Waals surface area contributed by atoms with Crippen LogP contribution in [-0.4, -0.2) is 25.2 Å². The normalized spacial score (nSPS) is 10.8. The minimum Gasteiger partial charge on any atom is -0.465 e. The monoisotopic (exact) mass is 228 g/mol. The van der Waals surface area contributed by atoms with Gasteiger partial charge in [-0.1, -0.05) is 25.5 Å². The highest BCUT2D eigenvalue weighted by Gasteiger charge is 2.08. The molecule has 0 saturated carbocycles. The molecule has 0 fully saturated rings. The van der Waals surface area contributed by atoms with Gasteiger partial charge in [0.1, 0.15) is 13.2 Å². The second-order valence-corrected chi connectivity index (χ2v) is 3.58. The minimum atomic E-state index is -0.322. The van der Waals surface area contributed by atoms with Crippen molar-refractivity contribution in [1.29, 1.82) is 0 Å². The van der Waals surface area contributed by atoms with Crippen molar-refractivity contribution in [2.24, 2.45) is 5.92 Å². The molecule has 0 aliphatic carbocycles. The van der Waals surface area contributed by atoms with Crippen molar-refractivity contribution in [2.75, 3.05) is 13.2 Å². The SMILES string of the molecule is CCC/C=C/C(COC(C)=O)COC(C)=O. The Bertz CT molecular complexity index is 227. The van der Waals surface area contributed by atoms with E-state index in [1.54, 1.807) is 0 Å². The van der Waals surface area contributed by atoms with Gasteiger partial charge in [-0.2, -0.15) is 0 Å². The molecular weight excluding hydrogens is 208 g/mol. The lowest BCUT2D eigenvalue weighted by Gasteiger charge is -2.12. The standard InChI is InChI=1S/C12H20O4/c1-4-5-6-7-12(8-15-10(2)13)9-16-11(3)14/h6-7,12H,4-5,8-9H2,1-3H3/b7-6+. The predicted molar refractivity (Wildman–Crippen MR) is 60.8 cm³/mol. The van der Waals surface area contributed by atoms with Gasteiger partial charge in [0.05, 0.1) is 0 Å². The Hall–Kier alpha value is -1.32. The van der Waals surface area contributed by atoms with E-state index >= 15 is 0 Å². The molecule has 0 radical (unpaired) electrons. The number of hydrogen-bond donors (Lipinski definition) is 0. The van der Waals surface area contributed by atoms with Crippen LogP contribution in [0.15, 0.2) is 12.2 Å². The van der Waals surface area contributed by atoms with Gasteiger partial charge in [-0.3, -0.25) is 9.59 Å². The van der Waals surface area contributed by atoms with Crippen LogP contribution in [-0.2, 0) is 19.1 Å². The molecule has 0 saturated heterocycles. The first kappa shape index (κ1) is 14.7. The number of allylic oxidation sites excluding steroid dienone is 1. The molecule has 0 aromatic carbocycles. The molecule has 0 bridgehead atoms. The summed E-state index contributed by atoms with van der Waals surface area (Å²) in [6.07, 6.45) is 5.97.